The molecule has 5 heteroatoms. The lowest BCUT2D eigenvalue weighted by Crippen LogP contribution is -2.48. The van der Waals surface area contributed by atoms with Gasteiger partial charge in [-0.15, -0.1) is 0 Å². The maximum Gasteiger partial charge on any atom is 0.275 e. The average molecular weight is 369 g/mol. The number of nitrogens with zero attached hydrogens (tertiary/aromatic N) is 2. The van der Waals surface area contributed by atoms with E-state index in [0.717, 1.165) is 48.3 Å². The van der Waals surface area contributed by atoms with Gasteiger partial charge in [-0.2, -0.15) is 0 Å². The lowest BCUT2D eigenvalue weighted by molar-refractivity contribution is -0.331. The van der Waals surface area contributed by atoms with Crippen molar-refractivity contribution in [1.82, 2.24) is 0 Å². The van der Waals surface area contributed by atoms with Crippen LogP contribution in [0.3, 0.4) is 0 Å². The molecule has 2 heterocycles. The van der Waals surface area contributed by atoms with Crippen LogP contribution in [0, 0.1) is 6.92 Å². The number of benzene rings is 2. The highest BCUT2D eigenvalue weighted by Crippen LogP contribution is 2.27. The van der Waals surface area contributed by atoms with Gasteiger partial charge in [-0.05, 0) is 36.8 Å². The second kappa shape index (κ2) is 7.04. The van der Waals surface area contributed by atoms with Gasteiger partial charge < -0.3 is 9.64 Å². The largest absolute Gasteiger partial charge is 0.492 e. The van der Waals surface area contributed by atoms with Gasteiger partial charge in [-0.25, -0.2) is 4.98 Å². The van der Waals surface area contributed by atoms with Crippen molar-refractivity contribution in [2.45, 2.75) is 6.92 Å². The summed E-state index contributed by atoms with van der Waals surface area (Å²) in [6.07, 6.45) is 0. The zero-order valence-electron chi connectivity index (χ0n) is 15.1. The summed E-state index contributed by atoms with van der Waals surface area (Å²) < 4.78 is 5.54. The van der Waals surface area contributed by atoms with E-state index < -0.39 is 0 Å². The highest BCUT2D eigenvalue weighted by Gasteiger charge is 2.25. The number of H-pyrrole nitrogens is 1. The molecule has 1 aliphatic rings. The molecule has 0 unspecified atom stereocenters. The highest BCUT2D eigenvalue weighted by atomic mass is 35.5. The molecule has 4 nitrogen and oxygen atoms in total. The Morgan fingerprint density at radius 1 is 0.962 bits per heavy atom. The summed E-state index contributed by atoms with van der Waals surface area (Å²) in [5.74, 6) is 2.02. The lowest BCUT2D eigenvalue weighted by Gasteiger charge is -2.32. The summed E-state index contributed by atoms with van der Waals surface area (Å²) >= 11 is 6.14. The van der Waals surface area contributed by atoms with E-state index >= 15 is 0 Å². The van der Waals surface area contributed by atoms with Crippen molar-refractivity contribution >= 4 is 34.0 Å². The van der Waals surface area contributed by atoms with Crippen LogP contribution in [0.15, 0.2) is 48.5 Å². The normalized spacial score (nSPS) is 14.7. The van der Waals surface area contributed by atoms with Gasteiger partial charge in [0.05, 0.1) is 20.2 Å². The lowest BCUT2D eigenvalue weighted by atomic mass is 10.1. The summed E-state index contributed by atoms with van der Waals surface area (Å²) in [6, 6.07) is 16.5. The van der Waals surface area contributed by atoms with E-state index in [4.69, 9.17) is 16.3 Å². The summed E-state index contributed by atoms with van der Waals surface area (Å²) in [5.41, 5.74) is 3.50. The molecule has 134 valence electrons. The van der Waals surface area contributed by atoms with Gasteiger partial charge in [0.1, 0.15) is 13.1 Å². The van der Waals surface area contributed by atoms with Crippen LogP contribution < -0.4 is 19.5 Å². The first kappa shape index (κ1) is 17.0. The molecule has 0 saturated carbocycles. The first-order chi connectivity index (χ1) is 12.7. The van der Waals surface area contributed by atoms with Crippen molar-refractivity contribution in [3.8, 4) is 5.75 Å². The quantitative estimate of drug-likeness (QED) is 0.701. The Balaban J connectivity index is 1.58. The van der Waals surface area contributed by atoms with Crippen LogP contribution in [-0.4, -0.2) is 33.3 Å². The molecule has 2 aromatic carbocycles. The molecule has 0 radical (unpaired) electrons. The Labute approximate surface area is 159 Å². The molecule has 1 saturated heterocycles. The number of hydrogen-bond donors (Lipinski definition) is 0. The number of anilines is 2. The number of aryl methyl sites for hydroxylation is 1. The number of fused-ring (bicyclic) bond motifs is 1. The van der Waals surface area contributed by atoms with E-state index in [1.54, 1.807) is 7.11 Å². The molecule has 1 aromatic heterocycles. The molecule has 26 heavy (non-hydrogen) atoms. The third kappa shape index (κ3) is 3.17. The second-order valence-corrected chi connectivity index (χ2v) is 7.11. The number of piperazine rings is 1. The minimum Gasteiger partial charge on any atom is -0.492 e. The topological polar surface area (TPSA) is 29.9 Å². The van der Waals surface area contributed by atoms with E-state index in [9.17, 15) is 0 Å². The van der Waals surface area contributed by atoms with Gasteiger partial charge in [0.2, 0.25) is 0 Å². The van der Waals surface area contributed by atoms with E-state index in [-0.39, 0.29) is 0 Å². The molecule has 3 aromatic rings. The summed E-state index contributed by atoms with van der Waals surface area (Å²) in [4.78, 5) is 8.37. The molecule has 0 bridgehead atoms. The number of aromatic amines is 1. The van der Waals surface area contributed by atoms with Crippen LogP contribution in [-0.2, 0) is 0 Å². The van der Waals surface area contributed by atoms with Crippen molar-refractivity contribution in [2.24, 2.45) is 0 Å². The molecular formula is C21H23ClN3O+. The zero-order chi connectivity index (χ0) is 18.1. The average Bonchev–Trinajstić information content (AvgIpc) is 2.67. The SMILES string of the molecule is COc1cccc2c(C)cc(N3CCN(c4cccc(Cl)c4)CC3)[nH+]c12. The molecule has 1 N–H and O–H groups in total. The van der Waals surface area contributed by atoms with Gasteiger partial charge in [-0.3, -0.25) is 4.90 Å². The second-order valence-electron chi connectivity index (χ2n) is 6.67. The summed E-state index contributed by atoms with van der Waals surface area (Å²) in [7, 11) is 1.72. The van der Waals surface area contributed by atoms with Crippen LogP contribution in [0.5, 0.6) is 5.75 Å². The number of pyridine rings is 1. The van der Waals surface area contributed by atoms with Gasteiger partial charge in [0.25, 0.3) is 5.82 Å². The number of methoxy groups -OCH3 is 1. The minimum atomic E-state index is 0.788. The predicted molar refractivity (Wildman–Crippen MR) is 108 cm³/mol. The van der Waals surface area contributed by atoms with Crippen molar-refractivity contribution in [2.75, 3.05) is 43.1 Å². The number of nitrogens with one attached hydrogen (secondary N) is 1. The summed E-state index contributed by atoms with van der Waals surface area (Å²) in [6.45, 7) is 6.02. The van der Waals surface area contributed by atoms with Gasteiger partial charge in [-0.1, -0.05) is 29.8 Å². The van der Waals surface area contributed by atoms with Gasteiger partial charge in [0, 0.05) is 22.2 Å². The van der Waals surface area contributed by atoms with E-state index in [0.29, 0.717) is 0 Å². The van der Waals surface area contributed by atoms with Crippen molar-refractivity contribution < 1.29 is 9.72 Å². The molecule has 0 atom stereocenters. The smallest absolute Gasteiger partial charge is 0.275 e. The van der Waals surface area contributed by atoms with Crippen LogP contribution in [0.25, 0.3) is 10.9 Å². The van der Waals surface area contributed by atoms with E-state index in [1.165, 1.54) is 16.6 Å². The molecule has 1 aliphatic heterocycles. The molecule has 0 amide bonds. The highest BCUT2D eigenvalue weighted by molar-refractivity contribution is 6.30. The van der Waals surface area contributed by atoms with Crippen molar-refractivity contribution in [1.29, 1.82) is 0 Å². The Hall–Kier alpha value is -2.46. The number of hydrogen-bond acceptors (Lipinski definition) is 3. The standard InChI is InChI=1S/C21H22ClN3O/c1-15-13-20(23-21-18(15)7-4-8-19(21)26-2)25-11-9-24(10-12-25)17-6-3-5-16(22)14-17/h3-8,13-14H,9-12H2,1-2H3/p+1. The fraction of sp³-hybridized carbons (Fsp3) is 0.286. The van der Waals surface area contributed by atoms with Crippen LogP contribution in [0.4, 0.5) is 11.5 Å². The fourth-order valence-electron chi connectivity index (χ4n) is 3.65. The fourth-order valence-corrected chi connectivity index (χ4v) is 3.84. The summed E-state index contributed by atoms with van der Waals surface area (Å²) in [5, 5.41) is 1.99. The van der Waals surface area contributed by atoms with E-state index in [2.05, 4.69) is 39.9 Å². The zero-order valence-corrected chi connectivity index (χ0v) is 15.9. The molecule has 0 aliphatic carbocycles. The maximum absolute atomic E-state index is 6.14. The number of rotatable bonds is 3. The molecule has 4 rings (SSSR count). The monoisotopic (exact) mass is 368 g/mol. The third-order valence-corrected chi connectivity index (χ3v) is 5.31. The first-order valence-electron chi connectivity index (χ1n) is 8.91. The first-order valence-corrected chi connectivity index (χ1v) is 9.28. The third-order valence-electron chi connectivity index (χ3n) is 5.07. The van der Waals surface area contributed by atoms with Crippen molar-refractivity contribution in [3.05, 3.63) is 59.1 Å². The number of halogens is 1. The molecule has 1 fully saturated rings. The number of aromatic nitrogens is 1. The molecular weight excluding hydrogens is 346 g/mol. The van der Waals surface area contributed by atoms with Gasteiger partial charge >= 0.3 is 0 Å². The van der Waals surface area contributed by atoms with Crippen LogP contribution in [0.2, 0.25) is 5.02 Å². The van der Waals surface area contributed by atoms with Crippen LogP contribution in [0.1, 0.15) is 5.56 Å². The maximum atomic E-state index is 6.14. The number of ether oxygens (including phenoxy) is 1. The Morgan fingerprint density at radius 3 is 2.42 bits per heavy atom. The Kier molecular flexibility index (Phi) is 4.60. The predicted octanol–water partition coefficient (Wildman–Crippen LogP) is 3.95. The minimum absolute atomic E-state index is 0.788. The Bertz CT molecular complexity index is 936. The Morgan fingerprint density at radius 2 is 1.69 bits per heavy atom. The van der Waals surface area contributed by atoms with Gasteiger partial charge in [0.15, 0.2) is 11.3 Å². The molecule has 0 spiro atoms. The number of para-hydroxylation sites is 1. The van der Waals surface area contributed by atoms with Crippen molar-refractivity contribution in [3.63, 3.8) is 0 Å². The van der Waals surface area contributed by atoms with Crippen LogP contribution >= 0.6 is 11.6 Å². The van der Waals surface area contributed by atoms with E-state index in [1.807, 2.05) is 30.3 Å².